The van der Waals surface area contributed by atoms with E-state index in [1.165, 1.54) is 7.11 Å². The molecule has 0 spiro atoms. The Balaban J connectivity index is 0. The molecular weight excluding hydrogens is 220 g/mol. The molecule has 0 aliphatic heterocycles. The molecule has 0 bridgehead atoms. The van der Waals surface area contributed by atoms with Crippen LogP contribution in [0, 0.1) is 0 Å². The normalized spacial score (nSPS) is 13.3. The van der Waals surface area contributed by atoms with E-state index in [-0.39, 0.29) is 24.4 Å². The van der Waals surface area contributed by atoms with Gasteiger partial charge in [-0.3, -0.25) is 4.79 Å². The average molecular weight is 239 g/mol. The van der Waals surface area contributed by atoms with E-state index in [1.54, 1.807) is 6.92 Å². The number of rotatable bonds is 5. The lowest BCUT2D eigenvalue weighted by Crippen LogP contribution is -2.39. The molecule has 0 aromatic heterocycles. The summed E-state index contributed by atoms with van der Waals surface area (Å²) in [6.07, 6.45) is 0.943. The Morgan fingerprint density at radius 3 is 2.33 bits per heavy atom. The number of nitrogens with one attached hydrogen (secondary N) is 1. The Labute approximate surface area is 96.1 Å². The Kier molecular flexibility index (Phi) is 9.41. The van der Waals surface area contributed by atoms with Crippen LogP contribution in [0.3, 0.4) is 0 Å². The summed E-state index contributed by atoms with van der Waals surface area (Å²) in [4.78, 5) is 22.1. The summed E-state index contributed by atoms with van der Waals surface area (Å²) in [6.45, 7) is 3.41. The van der Waals surface area contributed by atoms with Gasteiger partial charge in [-0.15, -0.1) is 12.4 Å². The molecule has 1 amide bonds. The molecule has 0 aliphatic rings. The minimum absolute atomic E-state index is 0. The monoisotopic (exact) mass is 238 g/mol. The zero-order valence-corrected chi connectivity index (χ0v) is 10.1. The van der Waals surface area contributed by atoms with Gasteiger partial charge in [-0.2, -0.15) is 0 Å². The summed E-state index contributed by atoms with van der Waals surface area (Å²) in [5, 5.41) is 2.52. The number of halogens is 1. The Bertz CT molecular complexity index is 210. The zero-order valence-electron chi connectivity index (χ0n) is 9.28. The van der Waals surface area contributed by atoms with Gasteiger partial charge in [0.25, 0.3) is 0 Å². The molecule has 0 radical (unpaired) electrons. The SMILES string of the molecule is COC(=O)[C@@H](C)NC(=O)CCC(C)N.Cl. The van der Waals surface area contributed by atoms with Crippen molar-refractivity contribution >= 4 is 24.3 Å². The van der Waals surface area contributed by atoms with Gasteiger partial charge >= 0.3 is 5.97 Å². The summed E-state index contributed by atoms with van der Waals surface area (Å²) in [6, 6.07) is -0.602. The highest BCUT2D eigenvalue weighted by molar-refractivity contribution is 5.85. The van der Waals surface area contributed by atoms with Gasteiger partial charge in [0, 0.05) is 12.5 Å². The van der Waals surface area contributed by atoms with Crippen LogP contribution in [-0.4, -0.2) is 31.1 Å². The molecular formula is C9H19ClN2O3. The molecule has 0 fully saturated rings. The van der Waals surface area contributed by atoms with Crippen LogP contribution in [0.25, 0.3) is 0 Å². The minimum atomic E-state index is -0.597. The topological polar surface area (TPSA) is 81.4 Å². The van der Waals surface area contributed by atoms with Crippen molar-refractivity contribution in [1.82, 2.24) is 5.32 Å². The van der Waals surface area contributed by atoms with Crippen molar-refractivity contribution < 1.29 is 14.3 Å². The van der Waals surface area contributed by atoms with E-state index in [9.17, 15) is 9.59 Å². The number of hydrogen-bond donors (Lipinski definition) is 2. The lowest BCUT2D eigenvalue weighted by atomic mass is 10.2. The Hall–Kier alpha value is -0.810. The average Bonchev–Trinajstić information content (AvgIpc) is 2.13. The lowest BCUT2D eigenvalue weighted by molar-refractivity contribution is -0.144. The number of esters is 1. The first-order chi connectivity index (χ1) is 6.47. The molecule has 2 atom stereocenters. The highest BCUT2D eigenvalue weighted by Gasteiger charge is 2.15. The third-order valence-corrected chi connectivity index (χ3v) is 1.76. The standard InChI is InChI=1S/C9H18N2O3.ClH/c1-6(10)4-5-8(12)11-7(2)9(13)14-3;/h6-7H,4-5,10H2,1-3H3,(H,11,12);1H/t6?,7-;/m1./s1. The fourth-order valence-electron chi connectivity index (χ4n) is 0.908. The number of amides is 1. The maximum Gasteiger partial charge on any atom is 0.328 e. The first kappa shape index (κ1) is 16.6. The van der Waals surface area contributed by atoms with Crippen molar-refractivity contribution in [3.8, 4) is 0 Å². The number of ether oxygens (including phenoxy) is 1. The third kappa shape index (κ3) is 8.20. The molecule has 0 saturated heterocycles. The van der Waals surface area contributed by atoms with Gasteiger partial charge in [0.15, 0.2) is 0 Å². The molecule has 0 aromatic rings. The predicted octanol–water partition coefficient (Wildman–Crippen LogP) is 0.213. The first-order valence-corrected chi connectivity index (χ1v) is 4.60. The second-order valence-corrected chi connectivity index (χ2v) is 3.33. The van der Waals surface area contributed by atoms with E-state index in [1.807, 2.05) is 6.92 Å². The van der Waals surface area contributed by atoms with Crippen LogP contribution >= 0.6 is 12.4 Å². The molecule has 3 N–H and O–H groups in total. The number of carbonyl (C=O) groups excluding carboxylic acids is 2. The van der Waals surface area contributed by atoms with Gasteiger partial charge in [0.1, 0.15) is 6.04 Å². The van der Waals surface area contributed by atoms with Gasteiger partial charge in [-0.25, -0.2) is 4.79 Å². The summed E-state index contributed by atoms with van der Waals surface area (Å²) in [5.41, 5.74) is 5.49. The zero-order chi connectivity index (χ0) is 11.1. The highest BCUT2D eigenvalue weighted by atomic mass is 35.5. The van der Waals surface area contributed by atoms with E-state index in [0.29, 0.717) is 12.8 Å². The first-order valence-electron chi connectivity index (χ1n) is 4.60. The Morgan fingerprint density at radius 1 is 1.40 bits per heavy atom. The number of carbonyl (C=O) groups is 2. The van der Waals surface area contributed by atoms with Crippen LogP contribution in [0.5, 0.6) is 0 Å². The van der Waals surface area contributed by atoms with Gasteiger partial charge in [0.2, 0.25) is 5.91 Å². The van der Waals surface area contributed by atoms with Crippen molar-refractivity contribution in [2.45, 2.75) is 38.8 Å². The van der Waals surface area contributed by atoms with Crippen LogP contribution in [0.2, 0.25) is 0 Å². The van der Waals surface area contributed by atoms with Crippen molar-refractivity contribution in [3.63, 3.8) is 0 Å². The van der Waals surface area contributed by atoms with Gasteiger partial charge in [-0.1, -0.05) is 0 Å². The van der Waals surface area contributed by atoms with E-state index in [2.05, 4.69) is 10.1 Å². The van der Waals surface area contributed by atoms with Crippen molar-refractivity contribution in [2.24, 2.45) is 5.73 Å². The molecule has 15 heavy (non-hydrogen) atoms. The smallest absolute Gasteiger partial charge is 0.328 e. The second-order valence-electron chi connectivity index (χ2n) is 3.33. The molecule has 0 aromatic carbocycles. The quantitative estimate of drug-likeness (QED) is 0.671. The molecule has 90 valence electrons. The van der Waals surface area contributed by atoms with E-state index in [4.69, 9.17) is 5.73 Å². The minimum Gasteiger partial charge on any atom is -0.467 e. The largest absolute Gasteiger partial charge is 0.467 e. The van der Waals surface area contributed by atoms with Crippen LogP contribution < -0.4 is 11.1 Å². The van der Waals surface area contributed by atoms with Gasteiger partial charge < -0.3 is 15.8 Å². The van der Waals surface area contributed by atoms with E-state index < -0.39 is 12.0 Å². The number of hydrogen-bond acceptors (Lipinski definition) is 4. The van der Waals surface area contributed by atoms with Crippen molar-refractivity contribution in [1.29, 1.82) is 0 Å². The summed E-state index contributed by atoms with van der Waals surface area (Å²) in [5.74, 6) is -0.626. The van der Waals surface area contributed by atoms with Crippen LogP contribution in [-0.2, 0) is 14.3 Å². The highest BCUT2D eigenvalue weighted by Crippen LogP contribution is 1.94. The summed E-state index contributed by atoms with van der Waals surface area (Å²) in [7, 11) is 1.28. The predicted molar refractivity (Wildman–Crippen MR) is 59.8 cm³/mol. The van der Waals surface area contributed by atoms with E-state index >= 15 is 0 Å². The van der Waals surface area contributed by atoms with Gasteiger partial charge in [0.05, 0.1) is 7.11 Å². The van der Waals surface area contributed by atoms with Gasteiger partial charge in [-0.05, 0) is 20.3 Å². The summed E-state index contributed by atoms with van der Waals surface area (Å²) < 4.78 is 4.46. The fourth-order valence-corrected chi connectivity index (χ4v) is 0.908. The van der Waals surface area contributed by atoms with Crippen LogP contribution in [0.4, 0.5) is 0 Å². The Morgan fingerprint density at radius 2 is 1.93 bits per heavy atom. The van der Waals surface area contributed by atoms with Crippen molar-refractivity contribution in [2.75, 3.05) is 7.11 Å². The molecule has 5 nitrogen and oxygen atoms in total. The van der Waals surface area contributed by atoms with Crippen LogP contribution in [0.1, 0.15) is 26.7 Å². The lowest BCUT2D eigenvalue weighted by Gasteiger charge is -2.11. The molecule has 0 heterocycles. The molecule has 0 rings (SSSR count). The van der Waals surface area contributed by atoms with Crippen molar-refractivity contribution in [3.05, 3.63) is 0 Å². The molecule has 1 unspecified atom stereocenters. The molecule has 0 saturated carbocycles. The molecule has 6 heteroatoms. The molecule has 0 aliphatic carbocycles. The fraction of sp³-hybridized carbons (Fsp3) is 0.778. The maximum atomic E-state index is 11.2. The number of nitrogens with two attached hydrogens (primary N) is 1. The second kappa shape index (κ2) is 8.49. The number of methoxy groups -OCH3 is 1. The third-order valence-electron chi connectivity index (χ3n) is 1.76. The van der Waals surface area contributed by atoms with E-state index in [0.717, 1.165) is 0 Å². The maximum absolute atomic E-state index is 11.2. The van der Waals surface area contributed by atoms with Crippen LogP contribution in [0.15, 0.2) is 0 Å². The summed E-state index contributed by atoms with van der Waals surface area (Å²) >= 11 is 0.